The van der Waals surface area contributed by atoms with E-state index in [1.165, 1.54) is 0 Å². The average Bonchev–Trinajstić information content (AvgIpc) is 3.35. The van der Waals surface area contributed by atoms with Crippen molar-refractivity contribution in [3.63, 3.8) is 0 Å². The first-order chi connectivity index (χ1) is 30.7. The van der Waals surface area contributed by atoms with E-state index in [1.807, 2.05) is 72.9 Å². The molecule has 0 atom stereocenters. The molecular formula is C56H34N6. The summed E-state index contributed by atoms with van der Waals surface area (Å²) in [6, 6.07) is 69.2. The highest BCUT2D eigenvalue weighted by Gasteiger charge is 2.15. The summed E-state index contributed by atoms with van der Waals surface area (Å²) in [4.78, 5) is 30.2. The van der Waals surface area contributed by atoms with Crippen LogP contribution in [-0.4, -0.2) is 29.9 Å². The van der Waals surface area contributed by atoms with Crippen LogP contribution in [0.5, 0.6) is 0 Å². The molecule has 0 amide bonds. The molecule has 0 bridgehead atoms. The molecular weight excluding hydrogens is 757 g/mol. The molecule has 7 aromatic carbocycles. The summed E-state index contributed by atoms with van der Waals surface area (Å²) >= 11 is 0. The second-order valence-corrected chi connectivity index (χ2v) is 15.5. The molecule has 12 rings (SSSR count). The van der Waals surface area contributed by atoms with Gasteiger partial charge in [0.05, 0.1) is 50.5 Å². The molecule has 6 heteroatoms. The standard InChI is InChI=1S/C56H34N6/c1-3-10-35(11-4-1)52-34-53(62-56(61-52)39-12-5-2-6-13-39)50-30-21-36-17-20-41(33-51(36)59-50)40-23-27-47-42(32-40)24-29-48(58-47)45-25-26-46(44-16-8-7-15-43(44)45)49-28-22-38-19-18-37-14-9-31-57-54(37)55(38)60-49/h1-34H. The predicted molar refractivity (Wildman–Crippen MR) is 253 cm³/mol. The summed E-state index contributed by atoms with van der Waals surface area (Å²) < 4.78 is 0. The van der Waals surface area contributed by atoms with E-state index in [2.05, 4.69) is 138 Å². The van der Waals surface area contributed by atoms with Gasteiger partial charge in [-0.05, 0) is 70.4 Å². The highest BCUT2D eigenvalue weighted by atomic mass is 14.9. The Bertz CT molecular complexity index is 3640. The fraction of sp³-hybridized carbons (Fsp3) is 0. The van der Waals surface area contributed by atoms with Crippen LogP contribution in [0.1, 0.15) is 0 Å². The lowest BCUT2D eigenvalue weighted by Crippen LogP contribution is -1.97. The van der Waals surface area contributed by atoms with Crippen LogP contribution in [0.3, 0.4) is 0 Å². The molecule has 5 heterocycles. The minimum Gasteiger partial charge on any atom is -0.254 e. The fourth-order valence-electron chi connectivity index (χ4n) is 8.57. The third-order valence-electron chi connectivity index (χ3n) is 11.7. The molecule has 0 saturated heterocycles. The number of nitrogens with zero attached hydrogens (tertiary/aromatic N) is 6. The summed E-state index contributed by atoms with van der Waals surface area (Å²) in [6.07, 6.45) is 1.83. The highest BCUT2D eigenvalue weighted by molar-refractivity contribution is 6.07. The normalized spacial score (nSPS) is 11.5. The van der Waals surface area contributed by atoms with E-state index in [0.717, 1.165) is 116 Å². The fourth-order valence-corrected chi connectivity index (χ4v) is 8.57. The Hall–Kier alpha value is -8.48. The predicted octanol–water partition coefficient (Wildman–Crippen LogP) is 13.8. The molecule has 12 aromatic rings. The molecule has 0 radical (unpaired) electrons. The number of hydrogen-bond acceptors (Lipinski definition) is 6. The molecule has 0 saturated carbocycles. The minimum atomic E-state index is 0.668. The van der Waals surface area contributed by atoms with Crippen LogP contribution >= 0.6 is 0 Å². The topological polar surface area (TPSA) is 77.3 Å². The van der Waals surface area contributed by atoms with Gasteiger partial charge in [0.2, 0.25) is 0 Å². The third kappa shape index (κ3) is 6.30. The van der Waals surface area contributed by atoms with Crippen molar-refractivity contribution in [1.82, 2.24) is 29.9 Å². The molecule has 0 N–H and O–H groups in total. The van der Waals surface area contributed by atoms with E-state index in [4.69, 9.17) is 24.9 Å². The molecule has 0 unspecified atom stereocenters. The van der Waals surface area contributed by atoms with Crippen molar-refractivity contribution in [2.24, 2.45) is 0 Å². The Kier molecular flexibility index (Phi) is 8.38. The van der Waals surface area contributed by atoms with E-state index in [1.54, 1.807) is 0 Å². The zero-order valence-electron chi connectivity index (χ0n) is 33.3. The summed E-state index contributed by atoms with van der Waals surface area (Å²) in [5.41, 5.74) is 14.2. The van der Waals surface area contributed by atoms with E-state index >= 15 is 0 Å². The van der Waals surface area contributed by atoms with Gasteiger partial charge in [0, 0.05) is 50.0 Å². The van der Waals surface area contributed by atoms with Gasteiger partial charge < -0.3 is 0 Å². The summed E-state index contributed by atoms with van der Waals surface area (Å²) in [5.74, 6) is 0.668. The van der Waals surface area contributed by atoms with Gasteiger partial charge in [-0.25, -0.2) is 24.9 Å². The second-order valence-electron chi connectivity index (χ2n) is 15.5. The van der Waals surface area contributed by atoms with Gasteiger partial charge in [0.15, 0.2) is 5.82 Å². The van der Waals surface area contributed by atoms with Crippen molar-refractivity contribution in [2.75, 3.05) is 0 Å². The van der Waals surface area contributed by atoms with Gasteiger partial charge in [-0.2, -0.15) is 0 Å². The number of fused-ring (bicyclic) bond motifs is 6. The average molecular weight is 791 g/mol. The van der Waals surface area contributed by atoms with Crippen LogP contribution in [0.2, 0.25) is 0 Å². The molecule has 288 valence electrons. The first-order valence-electron chi connectivity index (χ1n) is 20.7. The van der Waals surface area contributed by atoms with Crippen molar-refractivity contribution in [1.29, 1.82) is 0 Å². The summed E-state index contributed by atoms with van der Waals surface area (Å²) in [7, 11) is 0. The van der Waals surface area contributed by atoms with Crippen molar-refractivity contribution in [2.45, 2.75) is 0 Å². The maximum atomic E-state index is 5.21. The van der Waals surface area contributed by atoms with Crippen molar-refractivity contribution >= 4 is 54.4 Å². The molecule has 0 aliphatic heterocycles. The van der Waals surface area contributed by atoms with Crippen LogP contribution < -0.4 is 0 Å². The number of aromatic nitrogens is 6. The SMILES string of the molecule is c1ccc(-c2cc(-c3ccc4ccc(-c5ccc6nc(-c7ccc(-c8ccc9ccc%10cccnc%10c9n8)c8ccccc78)ccc6c5)cc4n3)nc(-c3ccccc3)n2)cc1. The van der Waals surface area contributed by atoms with Gasteiger partial charge in [-0.1, -0.05) is 152 Å². The Morgan fingerprint density at radius 2 is 0.855 bits per heavy atom. The van der Waals surface area contributed by atoms with Crippen LogP contribution in [0.4, 0.5) is 0 Å². The number of pyridine rings is 4. The Balaban J connectivity index is 0.885. The zero-order valence-corrected chi connectivity index (χ0v) is 33.3. The van der Waals surface area contributed by atoms with Crippen LogP contribution in [0.25, 0.3) is 122 Å². The van der Waals surface area contributed by atoms with Crippen LogP contribution in [0, 0.1) is 0 Å². The van der Waals surface area contributed by atoms with Crippen molar-refractivity contribution in [3.8, 4) is 67.7 Å². The van der Waals surface area contributed by atoms with Gasteiger partial charge >= 0.3 is 0 Å². The molecule has 0 aliphatic carbocycles. The number of hydrogen-bond donors (Lipinski definition) is 0. The first-order valence-corrected chi connectivity index (χ1v) is 20.7. The smallest absolute Gasteiger partial charge is 0.160 e. The summed E-state index contributed by atoms with van der Waals surface area (Å²) in [5, 5.41) is 6.54. The monoisotopic (exact) mass is 790 g/mol. The molecule has 0 fully saturated rings. The van der Waals surface area contributed by atoms with Crippen LogP contribution in [-0.2, 0) is 0 Å². The Labute approximate surface area is 357 Å². The molecule has 6 nitrogen and oxygen atoms in total. The maximum Gasteiger partial charge on any atom is 0.160 e. The lowest BCUT2D eigenvalue weighted by atomic mass is 9.95. The molecule has 0 aliphatic rings. The largest absolute Gasteiger partial charge is 0.254 e. The van der Waals surface area contributed by atoms with Gasteiger partial charge in [0.1, 0.15) is 0 Å². The Morgan fingerprint density at radius 3 is 1.65 bits per heavy atom. The van der Waals surface area contributed by atoms with E-state index in [9.17, 15) is 0 Å². The van der Waals surface area contributed by atoms with Gasteiger partial charge in [0.25, 0.3) is 0 Å². The lowest BCUT2D eigenvalue weighted by molar-refractivity contribution is 1.17. The van der Waals surface area contributed by atoms with Crippen molar-refractivity contribution < 1.29 is 0 Å². The maximum absolute atomic E-state index is 5.21. The first kappa shape index (κ1) is 35.5. The molecule has 5 aromatic heterocycles. The summed E-state index contributed by atoms with van der Waals surface area (Å²) in [6.45, 7) is 0. The lowest BCUT2D eigenvalue weighted by Gasteiger charge is -2.13. The highest BCUT2D eigenvalue weighted by Crippen LogP contribution is 2.37. The van der Waals surface area contributed by atoms with Gasteiger partial charge in [-0.3, -0.25) is 4.98 Å². The molecule has 0 spiro atoms. The Morgan fingerprint density at radius 1 is 0.274 bits per heavy atom. The van der Waals surface area contributed by atoms with E-state index in [-0.39, 0.29) is 0 Å². The van der Waals surface area contributed by atoms with E-state index in [0.29, 0.717) is 5.82 Å². The van der Waals surface area contributed by atoms with E-state index < -0.39 is 0 Å². The van der Waals surface area contributed by atoms with Crippen molar-refractivity contribution in [3.05, 3.63) is 206 Å². The van der Waals surface area contributed by atoms with Crippen LogP contribution in [0.15, 0.2) is 206 Å². The van der Waals surface area contributed by atoms with Gasteiger partial charge in [-0.15, -0.1) is 0 Å². The third-order valence-corrected chi connectivity index (χ3v) is 11.7. The zero-order chi connectivity index (χ0) is 41.0. The number of benzene rings is 7. The minimum absolute atomic E-state index is 0.668. The molecule has 62 heavy (non-hydrogen) atoms. The number of rotatable bonds is 6. The second kappa shape index (κ2) is 14.7. The quantitative estimate of drug-likeness (QED) is 0.156.